The summed E-state index contributed by atoms with van der Waals surface area (Å²) in [7, 11) is 0. The highest BCUT2D eigenvalue weighted by atomic mass is 35.5. The van der Waals surface area contributed by atoms with Crippen molar-refractivity contribution in [3.05, 3.63) is 104 Å². The number of aliphatic hydroxyl groups is 1. The van der Waals surface area contributed by atoms with Crippen LogP contribution >= 0.6 is 22.9 Å². The monoisotopic (exact) mass is 620 g/mol. The van der Waals surface area contributed by atoms with Crippen LogP contribution in [0.25, 0.3) is 10.2 Å². The van der Waals surface area contributed by atoms with Gasteiger partial charge in [-0.15, -0.1) is 11.3 Å². The van der Waals surface area contributed by atoms with Crippen molar-refractivity contribution in [2.75, 3.05) is 39.4 Å². The Morgan fingerprint density at radius 2 is 1.84 bits per heavy atom. The average molecular weight is 621 g/mol. The molecule has 2 aromatic heterocycles. The number of hydrogen-bond donors (Lipinski definition) is 2. The first-order valence-corrected chi connectivity index (χ1v) is 16.1. The molecule has 4 aromatic rings. The molecule has 0 radical (unpaired) electrons. The molecule has 226 valence electrons. The van der Waals surface area contributed by atoms with Gasteiger partial charge in [-0.1, -0.05) is 54.1 Å². The maximum atomic E-state index is 13.7. The molecule has 0 unspecified atom stereocenters. The molecule has 43 heavy (non-hydrogen) atoms. The topological polar surface area (TPSA) is 87.0 Å². The third-order valence-electron chi connectivity index (χ3n) is 8.45. The van der Waals surface area contributed by atoms with E-state index >= 15 is 0 Å². The highest BCUT2D eigenvalue weighted by Crippen LogP contribution is 2.33. The van der Waals surface area contributed by atoms with Crippen LogP contribution in [0.3, 0.4) is 0 Å². The van der Waals surface area contributed by atoms with Gasteiger partial charge in [0.25, 0.3) is 5.91 Å². The van der Waals surface area contributed by atoms with Gasteiger partial charge in [0.15, 0.2) is 0 Å². The second-order valence-electron chi connectivity index (χ2n) is 11.3. The number of benzene rings is 2. The lowest BCUT2D eigenvalue weighted by Gasteiger charge is -2.28. The average Bonchev–Trinajstić information content (AvgIpc) is 3.69. The second kappa shape index (κ2) is 13.7. The lowest BCUT2D eigenvalue weighted by Crippen LogP contribution is -2.38. The predicted molar refractivity (Wildman–Crippen MR) is 171 cm³/mol. The van der Waals surface area contributed by atoms with Crippen molar-refractivity contribution in [1.29, 1.82) is 0 Å². The minimum atomic E-state index is -0.567. The number of amides is 1. The SMILES string of the molecule is O=C(NCc1ccc(Cl)cc1)c1cn(CCN2CCOCC2)c2sc(CN3CCC[C@@H]3[C@@H](O)c3ccccc3)cc2c1=O. The summed E-state index contributed by atoms with van der Waals surface area (Å²) in [6.45, 7) is 6.47. The number of ether oxygens (including phenoxy) is 1. The number of pyridine rings is 1. The van der Waals surface area contributed by atoms with Gasteiger partial charge in [0.2, 0.25) is 5.43 Å². The van der Waals surface area contributed by atoms with Gasteiger partial charge in [-0.05, 0) is 48.7 Å². The van der Waals surface area contributed by atoms with Crippen LogP contribution in [0.15, 0.2) is 71.7 Å². The standard InChI is InChI=1S/C33H37ClN4O4S/c34-25-10-8-23(9-11-25)20-35-32(41)28-22-38(14-13-36-15-17-42-18-16-36)33-27(31(28)40)19-26(43-33)21-37-12-4-7-29(37)30(39)24-5-2-1-3-6-24/h1-3,5-6,8-11,19,22,29-30,39H,4,7,12-18,20-21H2,(H,35,41)/t29-,30+/m1/s1. The number of carbonyl (C=O) groups excluding carboxylic acids is 1. The van der Waals surface area contributed by atoms with Crippen LogP contribution in [0.5, 0.6) is 0 Å². The molecular formula is C33H37ClN4O4S. The summed E-state index contributed by atoms with van der Waals surface area (Å²) in [5.74, 6) is -0.389. The molecule has 0 saturated carbocycles. The van der Waals surface area contributed by atoms with E-state index in [0.717, 1.165) is 59.9 Å². The molecule has 1 amide bonds. The number of likely N-dealkylation sites (tertiary alicyclic amines) is 1. The normalized spacial score (nSPS) is 18.7. The summed E-state index contributed by atoms with van der Waals surface area (Å²) in [6.07, 6.45) is 3.10. The van der Waals surface area contributed by atoms with Crippen molar-refractivity contribution in [3.8, 4) is 0 Å². The van der Waals surface area contributed by atoms with Gasteiger partial charge in [0, 0.05) is 61.4 Å². The minimum absolute atomic E-state index is 0.0157. The first-order chi connectivity index (χ1) is 21.0. The maximum Gasteiger partial charge on any atom is 0.257 e. The van der Waals surface area contributed by atoms with Crippen LogP contribution in [0.1, 0.15) is 45.3 Å². The maximum absolute atomic E-state index is 13.7. The van der Waals surface area contributed by atoms with Crippen LogP contribution in [-0.4, -0.2) is 70.8 Å². The van der Waals surface area contributed by atoms with Crippen molar-refractivity contribution in [2.24, 2.45) is 0 Å². The number of carbonyl (C=O) groups is 1. The Hall–Kier alpha value is -3.05. The summed E-state index contributed by atoms with van der Waals surface area (Å²) in [5.41, 5.74) is 1.72. The number of nitrogens with zero attached hydrogens (tertiary/aromatic N) is 3. The van der Waals surface area contributed by atoms with E-state index in [1.54, 1.807) is 29.7 Å². The Bertz CT molecular complexity index is 1600. The number of nitrogens with one attached hydrogen (secondary N) is 1. The van der Waals surface area contributed by atoms with Gasteiger partial charge in [0.05, 0.1) is 24.7 Å². The molecule has 2 fully saturated rings. The Morgan fingerprint density at radius 1 is 1.07 bits per heavy atom. The van der Waals surface area contributed by atoms with Crippen molar-refractivity contribution >= 4 is 39.1 Å². The number of aromatic nitrogens is 1. The Kier molecular flexibility index (Phi) is 9.57. The van der Waals surface area contributed by atoms with Crippen LogP contribution in [-0.2, 0) is 24.4 Å². The van der Waals surface area contributed by atoms with E-state index in [-0.39, 0.29) is 22.9 Å². The Labute approximate surface area is 260 Å². The number of rotatable bonds is 10. The Morgan fingerprint density at radius 3 is 2.60 bits per heavy atom. The van der Waals surface area contributed by atoms with E-state index in [2.05, 4.69) is 19.7 Å². The third-order valence-corrected chi connectivity index (χ3v) is 9.86. The molecular weight excluding hydrogens is 584 g/mol. The zero-order chi connectivity index (χ0) is 29.8. The first-order valence-electron chi connectivity index (χ1n) is 14.9. The summed E-state index contributed by atoms with van der Waals surface area (Å²) < 4.78 is 7.58. The van der Waals surface area contributed by atoms with Gasteiger partial charge >= 0.3 is 0 Å². The summed E-state index contributed by atoms with van der Waals surface area (Å²) in [4.78, 5) is 33.7. The molecule has 0 spiro atoms. The molecule has 2 aromatic carbocycles. The smallest absolute Gasteiger partial charge is 0.257 e. The predicted octanol–water partition coefficient (Wildman–Crippen LogP) is 4.68. The van der Waals surface area contributed by atoms with E-state index in [1.165, 1.54) is 0 Å². The van der Waals surface area contributed by atoms with Gasteiger partial charge < -0.3 is 19.7 Å². The fourth-order valence-electron chi connectivity index (χ4n) is 6.06. The number of fused-ring (bicyclic) bond motifs is 1. The molecule has 2 aliphatic heterocycles. The second-order valence-corrected chi connectivity index (χ2v) is 12.8. The van der Waals surface area contributed by atoms with Gasteiger partial charge in [-0.3, -0.25) is 19.4 Å². The highest BCUT2D eigenvalue weighted by molar-refractivity contribution is 7.18. The van der Waals surface area contributed by atoms with Crippen LogP contribution in [0, 0.1) is 0 Å². The fourth-order valence-corrected chi connectivity index (χ4v) is 7.37. The van der Waals surface area contributed by atoms with Crippen molar-refractivity contribution < 1.29 is 14.6 Å². The fraction of sp³-hybridized carbons (Fsp3) is 0.394. The van der Waals surface area contributed by atoms with Crippen molar-refractivity contribution in [1.82, 2.24) is 19.7 Å². The quantitative estimate of drug-likeness (QED) is 0.268. The first kappa shape index (κ1) is 30.0. The number of morpholine rings is 1. The van der Waals surface area contributed by atoms with Crippen LogP contribution in [0.4, 0.5) is 0 Å². The molecule has 4 heterocycles. The largest absolute Gasteiger partial charge is 0.387 e. The van der Waals surface area contributed by atoms with Gasteiger partial charge in [-0.25, -0.2) is 0 Å². The lowest BCUT2D eigenvalue weighted by atomic mass is 10.0. The van der Waals surface area contributed by atoms with Gasteiger partial charge in [-0.2, -0.15) is 0 Å². The molecule has 2 atom stereocenters. The van der Waals surface area contributed by atoms with Crippen molar-refractivity contribution in [2.45, 2.75) is 44.6 Å². The number of halogens is 1. The summed E-state index contributed by atoms with van der Waals surface area (Å²) in [6, 6.07) is 19.1. The van der Waals surface area contributed by atoms with E-state index in [4.69, 9.17) is 16.3 Å². The van der Waals surface area contributed by atoms with Crippen LogP contribution in [0.2, 0.25) is 5.02 Å². The molecule has 10 heteroatoms. The zero-order valence-corrected chi connectivity index (χ0v) is 25.7. The number of aliphatic hydroxyl groups excluding tert-OH is 1. The third kappa shape index (κ3) is 7.03. The van der Waals surface area contributed by atoms with E-state index in [9.17, 15) is 14.7 Å². The number of hydrogen-bond acceptors (Lipinski definition) is 7. The van der Waals surface area contributed by atoms with E-state index in [0.29, 0.717) is 43.3 Å². The van der Waals surface area contributed by atoms with E-state index in [1.807, 2.05) is 48.5 Å². The molecule has 0 aliphatic carbocycles. The molecule has 6 rings (SSSR count). The van der Waals surface area contributed by atoms with Crippen LogP contribution < -0.4 is 10.7 Å². The summed E-state index contributed by atoms with van der Waals surface area (Å²) in [5, 5.41) is 15.3. The lowest BCUT2D eigenvalue weighted by molar-refractivity contribution is 0.0365. The molecule has 0 bridgehead atoms. The molecule has 8 nitrogen and oxygen atoms in total. The number of thiophene rings is 1. The van der Waals surface area contributed by atoms with Crippen molar-refractivity contribution in [3.63, 3.8) is 0 Å². The molecule has 2 N–H and O–H groups in total. The van der Waals surface area contributed by atoms with E-state index < -0.39 is 6.10 Å². The highest BCUT2D eigenvalue weighted by Gasteiger charge is 2.32. The minimum Gasteiger partial charge on any atom is -0.387 e. The molecule has 2 saturated heterocycles. The molecule has 2 aliphatic rings. The Balaban J connectivity index is 1.26. The van der Waals surface area contributed by atoms with Gasteiger partial charge in [0.1, 0.15) is 10.4 Å². The summed E-state index contributed by atoms with van der Waals surface area (Å²) >= 11 is 7.61. The zero-order valence-electron chi connectivity index (χ0n) is 24.1.